The molecule has 1 fully saturated rings. The number of aryl methyl sites for hydroxylation is 1. The standard InChI is InChI=1S/C16H23BO4/c1-10-8-9-12(11(2)13(10)14(18)19-7)17-20-15(3,4)16(5,6)21-17/h8-9H,1-7H3. The van der Waals surface area contributed by atoms with E-state index in [-0.39, 0.29) is 5.97 Å². The minimum absolute atomic E-state index is 0.330. The lowest BCUT2D eigenvalue weighted by atomic mass is 9.74. The van der Waals surface area contributed by atoms with E-state index in [0.717, 1.165) is 16.6 Å². The van der Waals surface area contributed by atoms with Crippen LogP contribution in [0.25, 0.3) is 0 Å². The van der Waals surface area contributed by atoms with E-state index in [1.807, 2.05) is 53.7 Å². The molecule has 21 heavy (non-hydrogen) atoms. The fourth-order valence-electron chi connectivity index (χ4n) is 2.50. The van der Waals surface area contributed by atoms with E-state index < -0.39 is 18.3 Å². The van der Waals surface area contributed by atoms with Crippen molar-refractivity contribution in [3.8, 4) is 0 Å². The molecule has 1 aliphatic heterocycles. The van der Waals surface area contributed by atoms with Crippen molar-refractivity contribution in [2.75, 3.05) is 7.11 Å². The maximum atomic E-state index is 12.0. The van der Waals surface area contributed by atoms with Crippen LogP contribution in [-0.4, -0.2) is 31.4 Å². The molecular formula is C16H23BO4. The number of hydrogen-bond donors (Lipinski definition) is 0. The van der Waals surface area contributed by atoms with E-state index in [2.05, 4.69) is 0 Å². The summed E-state index contributed by atoms with van der Waals surface area (Å²) in [7, 11) is 0.918. The minimum atomic E-state index is -0.473. The predicted octanol–water partition coefficient (Wildman–Crippen LogP) is 2.39. The van der Waals surface area contributed by atoms with Gasteiger partial charge in [0.2, 0.25) is 0 Å². The molecule has 0 aromatic heterocycles. The van der Waals surface area contributed by atoms with Crippen molar-refractivity contribution < 1.29 is 18.8 Å². The van der Waals surface area contributed by atoms with Gasteiger partial charge in [-0.25, -0.2) is 4.79 Å². The van der Waals surface area contributed by atoms with Crippen molar-refractivity contribution in [2.24, 2.45) is 0 Å². The number of carbonyl (C=O) groups is 1. The second kappa shape index (κ2) is 5.14. The first-order chi connectivity index (χ1) is 9.60. The predicted molar refractivity (Wildman–Crippen MR) is 83.0 cm³/mol. The van der Waals surface area contributed by atoms with Gasteiger partial charge in [-0.3, -0.25) is 0 Å². The van der Waals surface area contributed by atoms with Crippen LogP contribution in [0.3, 0.4) is 0 Å². The molecular weight excluding hydrogens is 267 g/mol. The number of carbonyl (C=O) groups excluding carboxylic acids is 1. The molecule has 0 bridgehead atoms. The number of ether oxygens (including phenoxy) is 1. The van der Waals surface area contributed by atoms with Gasteiger partial charge in [0.05, 0.1) is 23.9 Å². The topological polar surface area (TPSA) is 44.8 Å². The maximum absolute atomic E-state index is 12.0. The smallest absolute Gasteiger partial charge is 0.465 e. The van der Waals surface area contributed by atoms with Crippen LogP contribution in [0.1, 0.15) is 49.2 Å². The molecule has 1 aliphatic rings. The summed E-state index contributed by atoms with van der Waals surface area (Å²) in [6.07, 6.45) is 0. The van der Waals surface area contributed by atoms with Crippen molar-refractivity contribution in [2.45, 2.75) is 52.7 Å². The molecule has 1 saturated heterocycles. The van der Waals surface area contributed by atoms with Gasteiger partial charge in [-0.1, -0.05) is 12.1 Å². The van der Waals surface area contributed by atoms with Crippen molar-refractivity contribution in [3.63, 3.8) is 0 Å². The van der Waals surface area contributed by atoms with Gasteiger partial charge in [-0.2, -0.15) is 0 Å². The maximum Gasteiger partial charge on any atom is 0.495 e. The van der Waals surface area contributed by atoms with Gasteiger partial charge >= 0.3 is 13.1 Å². The Bertz CT molecular complexity index is 562. The molecule has 114 valence electrons. The van der Waals surface area contributed by atoms with Gasteiger partial charge in [-0.05, 0) is 58.1 Å². The van der Waals surface area contributed by atoms with Crippen LogP contribution in [0.4, 0.5) is 0 Å². The fraction of sp³-hybridized carbons (Fsp3) is 0.562. The lowest BCUT2D eigenvalue weighted by Crippen LogP contribution is -2.41. The molecule has 0 N–H and O–H groups in total. The molecule has 1 heterocycles. The van der Waals surface area contributed by atoms with Crippen molar-refractivity contribution in [3.05, 3.63) is 28.8 Å². The Morgan fingerprint density at radius 1 is 1.10 bits per heavy atom. The van der Waals surface area contributed by atoms with E-state index in [0.29, 0.717) is 5.56 Å². The Kier molecular flexibility index (Phi) is 3.93. The van der Waals surface area contributed by atoms with Crippen LogP contribution in [0, 0.1) is 13.8 Å². The average Bonchev–Trinajstić information content (AvgIpc) is 2.57. The summed E-state index contributed by atoms with van der Waals surface area (Å²) < 4.78 is 17.0. The summed E-state index contributed by atoms with van der Waals surface area (Å²) in [6, 6.07) is 3.86. The molecule has 0 amide bonds. The number of esters is 1. The largest absolute Gasteiger partial charge is 0.495 e. The first-order valence-corrected chi connectivity index (χ1v) is 7.15. The van der Waals surface area contributed by atoms with Crippen molar-refractivity contribution >= 4 is 18.6 Å². The number of hydrogen-bond acceptors (Lipinski definition) is 4. The zero-order chi connectivity index (χ0) is 16.0. The molecule has 0 saturated carbocycles. The van der Waals surface area contributed by atoms with E-state index in [1.165, 1.54) is 7.11 Å². The molecule has 2 rings (SSSR count). The number of methoxy groups -OCH3 is 1. The molecule has 1 aromatic carbocycles. The van der Waals surface area contributed by atoms with Crippen LogP contribution in [0.5, 0.6) is 0 Å². The normalized spacial score (nSPS) is 19.7. The minimum Gasteiger partial charge on any atom is -0.465 e. The third-order valence-corrected chi connectivity index (χ3v) is 4.61. The Balaban J connectivity index is 2.46. The van der Waals surface area contributed by atoms with E-state index in [4.69, 9.17) is 14.0 Å². The molecule has 0 atom stereocenters. The quantitative estimate of drug-likeness (QED) is 0.619. The summed E-state index contributed by atoms with van der Waals surface area (Å²) in [4.78, 5) is 12.0. The molecule has 5 heteroatoms. The van der Waals surface area contributed by atoms with Crippen LogP contribution >= 0.6 is 0 Å². The first-order valence-electron chi connectivity index (χ1n) is 7.15. The molecule has 0 aliphatic carbocycles. The summed E-state index contributed by atoms with van der Waals surface area (Å²) in [5, 5.41) is 0. The lowest BCUT2D eigenvalue weighted by molar-refractivity contribution is 0.00578. The van der Waals surface area contributed by atoms with Crippen LogP contribution in [-0.2, 0) is 14.0 Å². The fourth-order valence-corrected chi connectivity index (χ4v) is 2.50. The second-order valence-corrected chi connectivity index (χ2v) is 6.55. The van der Waals surface area contributed by atoms with Gasteiger partial charge in [0.15, 0.2) is 0 Å². The van der Waals surface area contributed by atoms with E-state index in [9.17, 15) is 4.79 Å². The molecule has 1 aromatic rings. The highest BCUT2D eigenvalue weighted by atomic mass is 16.7. The summed E-state index contributed by atoms with van der Waals surface area (Å²) in [5.41, 5.74) is 2.39. The van der Waals surface area contributed by atoms with Crippen LogP contribution in [0.2, 0.25) is 0 Å². The highest BCUT2D eigenvalue weighted by Crippen LogP contribution is 2.36. The summed E-state index contributed by atoms with van der Waals surface area (Å²) >= 11 is 0. The summed E-state index contributed by atoms with van der Waals surface area (Å²) in [6.45, 7) is 11.8. The first kappa shape index (κ1) is 16.1. The third-order valence-electron chi connectivity index (χ3n) is 4.61. The SMILES string of the molecule is COC(=O)c1c(C)ccc(B2OC(C)(C)C(C)(C)O2)c1C. The Morgan fingerprint density at radius 3 is 2.10 bits per heavy atom. The Morgan fingerprint density at radius 2 is 1.62 bits per heavy atom. The zero-order valence-electron chi connectivity index (χ0n) is 13.9. The Labute approximate surface area is 126 Å². The number of benzene rings is 1. The van der Waals surface area contributed by atoms with Gasteiger partial charge in [0, 0.05) is 0 Å². The highest BCUT2D eigenvalue weighted by molar-refractivity contribution is 6.62. The monoisotopic (exact) mass is 290 g/mol. The van der Waals surface area contributed by atoms with E-state index in [1.54, 1.807) is 0 Å². The van der Waals surface area contributed by atoms with Crippen molar-refractivity contribution in [1.82, 2.24) is 0 Å². The molecule has 0 radical (unpaired) electrons. The highest BCUT2D eigenvalue weighted by Gasteiger charge is 2.52. The zero-order valence-corrected chi connectivity index (χ0v) is 13.9. The lowest BCUT2D eigenvalue weighted by Gasteiger charge is -2.32. The van der Waals surface area contributed by atoms with Gasteiger partial charge in [0.1, 0.15) is 0 Å². The second-order valence-electron chi connectivity index (χ2n) is 6.55. The Hall–Kier alpha value is -1.33. The van der Waals surface area contributed by atoms with Gasteiger partial charge in [0.25, 0.3) is 0 Å². The van der Waals surface area contributed by atoms with E-state index >= 15 is 0 Å². The molecule has 0 spiro atoms. The molecule has 4 nitrogen and oxygen atoms in total. The molecule has 0 unspecified atom stereocenters. The summed E-state index contributed by atoms with van der Waals surface area (Å²) in [5.74, 6) is -0.330. The third kappa shape index (κ3) is 2.60. The van der Waals surface area contributed by atoms with Crippen molar-refractivity contribution in [1.29, 1.82) is 0 Å². The van der Waals surface area contributed by atoms with Gasteiger partial charge < -0.3 is 14.0 Å². The van der Waals surface area contributed by atoms with Gasteiger partial charge in [-0.15, -0.1) is 0 Å². The van der Waals surface area contributed by atoms with Crippen LogP contribution < -0.4 is 5.46 Å². The average molecular weight is 290 g/mol. The van der Waals surface area contributed by atoms with Crippen LogP contribution in [0.15, 0.2) is 12.1 Å². The number of rotatable bonds is 2.